The largest absolute Gasteiger partial charge is 0.325 e. The van der Waals surface area contributed by atoms with Crippen molar-refractivity contribution in [1.29, 1.82) is 0 Å². The molecule has 4 heteroatoms. The topological polar surface area (TPSA) is 56.7 Å². The molecule has 0 aliphatic rings. The fraction of sp³-hybridized carbons (Fsp3) is 0.500. The van der Waals surface area contributed by atoms with Gasteiger partial charge in [0, 0.05) is 6.54 Å². The molecule has 0 bridgehead atoms. The second kappa shape index (κ2) is 6.18. The number of rotatable bonds is 5. The summed E-state index contributed by atoms with van der Waals surface area (Å²) in [5, 5.41) is 8.48. The SMILES string of the molecule is CC(C)Cc1c(CN)nnn1-c1ccc(C(C)C)cc1. The maximum atomic E-state index is 5.77. The fourth-order valence-corrected chi connectivity index (χ4v) is 2.29. The van der Waals surface area contributed by atoms with Gasteiger partial charge in [0.2, 0.25) is 0 Å². The zero-order valence-electron chi connectivity index (χ0n) is 12.8. The van der Waals surface area contributed by atoms with E-state index in [0.717, 1.165) is 23.5 Å². The molecular formula is C16H24N4. The van der Waals surface area contributed by atoms with Crippen LogP contribution in [0.4, 0.5) is 0 Å². The van der Waals surface area contributed by atoms with Crippen molar-refractivity contribution in [3.63, 3.8) is 0 Å². The standard InChI is InChI=1S/C16H24N4/c1-11(2)9-16-15(10-17)18-19-20(16)14-7-5-13(6-8-14)12(3)4/h5-8,11-12H,9-10,17H2,1-4H3. The Bertz CT molecular complexity index is 552. The van der Waals surface area contributed by atoms with E-state index < -0.39 is 0 Å². The third-order valence-electron chi connectivity index (χ3n) is 3.44. The van der Waals surface area contributed by atoms with Crippen LogP contribution >= 0.6 is 0 Å². The Morgan fingerprint density at radius 2 is 1.75 bits per heavy atom. The quantitative estimate of drug-likeness (QED) is 0.910. The van der Waals surface area contributed by atoms with Crippen molar-refractivity contribution < 1.29 is 0 Å². The molecule has 0 saturated heterocycles. The van der Waals surface area contributed by atoms with Gasteiger partial charge in [-0.3, -0.25) is 0 Å². The molecule has 1 aromatic carbocycles. The molecule has 2 rings (SSSR count). The first-order valence-corrected chi connectivity index (χ1v) is 7.26. The van der Waals surface area contributed by atoms with Crippen LogP contribution in [0.1, 0.15) is 50.6 Å². The Morgan fingerprint density at radius 1 is 1.10 bits per heavy atom. The summed E-state index contributed by atoms with van der Waals surface area (Å²) >= 11 is 0. The van der Waals surface area contributed by atoms with E-state index in [-0.39, 0.29) is 0 Å². The van der Waals surface area contributed by atoms with Crippen LogP contribution < -0.4 is 5.73 Å². The summed E-state index contributed by atoms with van der Waals surface area (Å²) in [6, 6.07) is 8.52. The van der Waals surface area contributed by atoms with E-state index in [1.54, 1.807) is 0 Å². The third-order valence-corrected chi connectivity index (χ3v) is 3.44. The van der Waals surface area contributed by atoms with Crippen LogP contribution in [0.15, 0.2) is 24.3 Å². The van der Waals surface area contributed by atoms with E-state index in [4.69, 9.17) is 5.73 Å². The summed E-state index contributed by atoms with van der Waals surface area (Å²) < 4.78 is 1.92. The smallest absolute Gasteiger partial charge is 0.0999 e. The number of nitrogens with zero attached hydrogens (tertiary/aromatic N) is 3. The van der Waals surface area contributed by atoms with Gasteiger partial charge in [-0.15, -0.1) is 5.10 Å². The predicted octanol–water partition coefficient (Wildman–Crippen LogP) is 3.05. The van der Waals surface area contributed by atoms with Gasteiger partial charge >= 0.3 is 0 Å². The monoisotopic (exact) mass is 272 g/mol. The van der Waals surface area contributed by atoms with E-state index >= 15 is 0 Å². The fourth-order valence-electron chi connectivity index (χ4n) is 2.29. The average Bonchev–Trinajstić information content (AvgIpc) is 2.81. The first kappa shape index (κ1) is 14.7. The molecule has 4 nitrogen and oxygen atoms in total. The van der Waals surface area contributed by atoms with E-state index in [0.29, 0.717) is 18.4 Å². The number of nitrogens with two attached hydrogens (primary N) is 1. The third kappa shape index (κ3) is 3.07. The highest BCUT2D eigenvalue weighted by Gasteiger charge is 2.14. The first-order valence-electron chi connectivity index (χ1n) is 7.26. The van der Waals surface area contributed by atoms with Gasteiger partial charge in [-0.2, -0.15) is 0 Å². The van der Waals surface area contributed by atoms with Crippen LogP contribution in [-0.2, 0) is 13.0 Å². The van der Waals surface area contributed by atoms with Gasteiger partial charge in [0.1, 0.15) is 0 Å². The molecule has 0 atom stereocenters. The molecule has 0 spiro atoms. The van der Waals surface area contributed by atoms with Gasteiger partial charge < -0.3 is 5.73 Å². The molecule has 0 aliphatic carbocycles. The minimum atomic E-state index is 0.437. The van der Waals surface area contributed by atoms with Crippen molar-refractivity contribution in [2.75, 3.05) is 0 Å². The maximum absolute atomic E-state index is 5.77. The number of benzene rings is 1. The molecule has 0 amide bonds. The Hall–Kier alpha value is -1.68. The molecule has 20 heavy (non-hydrogen) atoms. The van der Waals surface area contributed by atoms with E-state index in [1.165, 1.54) is 5.56 Å². The van der Waals surface area contributed by atoms with Crippen molar-refractivity contribution in [1.82, 2.24) is 15.0 Å². The number of aromatic nitrogens is 3. The normalized spacial score (nSPS) is 11.6. The predicted molar refractivity (Wildman–Crippen MR) is 81.9 cm³/mol. The zero-order chi connectivity index (χ0) is 14.7. The Balaban J connectivity index is 2.38. The summed E-state index contributed by atoms with van der Waals surface area (Å²) in [7, 11) is 0. The van der Waals surface area contributed by atoms with Crippen LogP contribution in [0.25, 0.3) is 5.69 Å². The molecule has 0 fully saturated rings. The highest BCUT2D eigenvalue weighted by molar-refractivity contribution is 5.37. The van der Waals surface area contributed by atoms with Crippen LogP contribution in [0.3, 0.4) is 0 Å². The summed E-state index contributed by atoms with van der Waals surface area (Å²) in [6.45, 7) is 9.22. The van der Waals surface area contributed by atoms with Gasteiger partial charge in [0.25, 0.3) is 0 Å². The highest BCUT2D eigenvalue weighted by Crippen LogP contribution is 2.20. The molecule has 2 N–H and O–H groups in total. The van der Waals surface area contributed by atoms with Crippen molar-refractivity contribution in [3.05, 3.63) is 41.2 Å². The van der Waals surface area contributed by atoms with E-state index in [9.17, 15) is 0 Å². The molecule has 0 unspecified atom stereocenters. The van der Waals surface area contributed by atoms with Crippen LogP contribution in [0.5, 0.6) is 0 Å². The number of hydrogen-bond acceptors (Lipinski definition) is 3. The van der Waals surface area contributed by atoms with Crippen molar-refractivity contribution in [2.45, 2.75) is 46.6 Å². The average molecular weight is 272 g/mol. The number of hydrogen-bond donors (Lipinski definition) is 1. The van der Waals surface area contributed by atoms with Crippen molar-refractivity contribution in [2.24, 2.45) is 11.7 Å². The van der Waals surface area contributed by atoms with Gasteiger partial charge in [0.05, 0.1) is 17.1 Å². The summed E-state index contributed by atoms with van der Waals surface area (Å²) in [5.74, 6) is 1.09. The zero-order valence-corrected chi connectivity index (χ0v) is 12.8. The second-order valence-corrected chi connectivity index (χ2v) is 5.94. The molecule has 0 aliphatic heterocycles. The molecule has 1 aromatic heterocycles. The lowest BCUT2D eigenvalue weighted by Crippen LogP contribution is -2.09. The van der Waals surface area contributed by atoms with Crippen molar-refractivity contribution in [3.8, 4) is 5.69 Å². The molecule has 108 valence electrons. The minimum absolute atomic E-state index is 0.437. The molecule has 2 aromatic rings. The Labute approximate surface area is 121 Å². The Morgan fingerprint density at radius 3 is 2.25 bits per heavy atom. The first-order chi connectivity index (χ1) is 9.52. The molecular weight excluding hydrogens is 248 g/mol. The maximum Gasteiger partial charge on any atom is 0.0999 e. The van der Waals surface area contributed by atoms with E-state index in [1.807, 2.05) is 4.68 Å². The molecule has 0 saturated carbocycles. The lowest BCUT2D eigenvalue weighted by atomic mass is 10.0. The summed E-state index contributed by atoms with van der Waals surface area (Å²) in [5.41, 5.74) is 10.2. The van der Waals surface area contributed by atoms with Crippen LogP contribution in [0.2, 0.25) is 0 Å². The van der Waals surface area contributed by atoms with E-state index in [2.05, 4.69) is 62.3 Å². The van der Waals surface area contributed by atoms with Crippen molar-refractivity contribution >= 4 is 0 Å². The van der Waals surface area contributed by atoms with Crippen LogP contribution in [0, 0.1) is 5.92 Å². The minimum Gasteiger partial charge on any atom is -0.325 e. The highest BCUT2D eigenvalue weighted by atomic mass is 15.4. The lowest BCUT2D eigenvalue weighted by molar-refractivity contribution is 0.611. The summed E-state index contributed by atoms with van der Waals surface area (Å²) in [4.78, 5) is 0. The Kier molecular flexibility index (Phi) is 4.55. The van der Waals surface area contributed by atoms with Crippen LogP contribution in [-0.4, -0.2) is 15.0 Å². The molecule has 0 radical (unpaired) electrons. The van der Waals surface area contributed by atoms with Gasteiger partial charge in [-0.05, 0) is 36.0 Å². The lowest BCUT2D eigenvalue weighted by Gasteiger charge is -2.11. The summed E-state index contributed by atoms with van der Waals surface area (Å²) in [6.07, 6.45) is 0.936. The van der Waals surface area contributed by atoms with Gasteiger partial charge in [0.15, 0.2) is 0 Å². The van der Waals surface area contributed by atoms with Gasteiger partial charge in [-0.25, -0.2) is 4.68 Å². The second-order valence-electron chi connectivity index (χ2n) is 5.94. The van der Waals surface area contributed by atoms with Gasteiger partial charge in [-0.1, -0.05) is 45.0 Å². The molecule has 1 heterocycles.